The minimum absolute atomic E-state index is 0.0509. The van der Waals surface area contributed by atoms with Gasteiger partial charge >= 0.3 is 0 Å². The molecule has 1 amide bonds. The molecular weight excluding hydrogens is 406 g/mol. The molecule has 1 aromatic heterocycles. The van der Waals surface area contributed by atoms with Crippen LogP contribution in [0.4, 0.5) is 5.69 Å². The van der Waals surface area contributed by atoms with Gasteiger partial charge in [0.25, 0.3) is 0 Å². The highest BCUT2D eigenvalue weighted by Gasteiger charge is 2.25. The summed E-state index contributed by atoms with van der Waals surface area (Å²) < 4.78 is 39.3. The standard InChI is InChI=1S/C21H27N3O5S/c1-14-21(22-15(2)25)19(29-23-14)12-10-16-9-11-18(28-3)20(13-16)30(26,27)24-17-7-5-4-6-8-17/h9-13,17,24H,4-8H2,1-3H3,(H,22,25)/b12-10-. The molecule has 0 bridgehead atoms. The Hall–Kier alpha value is -2.65. The maximum absolute atomic E-state index is 13.0. The van der Waals surface area contributed by atoms with E-state index < -0.39 is 10.0 Å². The minimum Gasteiger partial charge on any atom is -0.495 e. The Bertz CT molecular complexity index is 1040. The molecule has 2 N–H and O–H groups in total. The number of hydrogen-bond donors (Lipinski definition) is 2. The van der Waals surface area contributed by atoms with E-state index in [2.05, 4.69) is 15.2 Å². The van der Waals surface area contributed by atoms with Gasteiger partial charge in [-0.3, -0.25) is 4.79 Å². The van der Waals surface area contributed by atoms with Crippen LogP contribution in [0.5, 0.6) is 5.75 Å². The number of carbonyl (C=O) groups is 1. The Labute approximate surface area is 176 Å². The van der Waals surface area contributed by atoms with Crippen LogP contribution in [0.25, 0.3) is 12.2 Å². The summed E-state index contributed by atoms with van der Waals surface area (Å²) in [4.78, 5) is 11.5. The van der Waals surface area contributed by atoms with Crippen LogP contribution < -0.4 is 14.8 Å². The summed E-state index contributed by atoms with van der Waals surface area (Å²) in [6.07, 6.45) is 8.22. The van der Waals surface area contributed by atoms with Gasteiger partial charge in [-0.25, -0.2) is 13.1 Å². The lowest BCUT2D eigenvalue weighted by molar-refractivity contribution is -0.114. The third kappa shape index (κ3) is 5.28. The molecule has 1 aliphatic carbocycles. The van der Waals surface area contributed by atoms with Crippen LogP contribution in [0.2, 0.25) is 0 Å². The molecule has 1 aliphatic rings. The molecule has 1 aromatic carbocycles. The molecule has 9 heteroatoms. The van der Waals surface area contributed by atoms with Gasteiger partial charge in [-0.05, 0) is 43.5 Å². The zero-order valence-electron chi connectivity index (χ0n) is 17.4. The van der Waals surface area contributed by atoms with Gasteiger partial charge in [0.15, 0.2) is 5.76 Å². The second kappa shape index (κ2) is 9.44. The Balaban J connectivity index is 1.87. The minimum atomic E-state index is -3.73. The normalized spacial score (nSPS) is 15.4. The number of anilines is 1. The lowest BCUT2D eigenvalue weighted by atomic mass is 9.96. The maximum atomic E-state index is 13.0. The highest BCUT2D eigenvalue weighted by molar-refractivity contribution is 7.89. The molecule has 0 unspecified atom stereocenters. The summed E-state index contributed by atoms with van der Waals surface area (Å²) in [5.41, 5.74) is 1.68. The number of amides is 1. The zero-order chi connectivity index (χ0) is 21.7. The van der Waals surface area contributed by atoms with Crippen LogP contribution >= 0.6 is 0 Å². The molecule has 0 atom stereocenters. The third-order valence-corrected chi connectivity index (χ3v) is 6.56. The average molecular weight is 434 g/mol. The van der Waals surface area contributed by atoms with E-state index in [1.54, 1.807) is 37.3 Å². The first-order valence-electron chi connectivity index (χ1n) is 9.92. The number of ether oxygens (including phenoxy) is 1. The molecule has 1 heterocycles. The van der Waals surface area contributed by atoms with Gasteiger partial charge in [-0.15, -0.1) is 0 Å². The quantitative estimate of drug-likeness (QED) is 0.688. The molecule has 3 rings (SSSR count). The molecule has 1 fully saturated rings. The fourth-order valence-electron chi connectivity index (χ4n) is 3.51. The van der Waals surface area contributed by atoms with Gasteiger partial charge < -0.3 is 14.6 Å². The highest BCUT2D eigenvalue weighted by atomic mass is 32.2. The smallest absolute Gasteiger partial charge is 0.244 e. The van der Waals surface area contributed by atoms with Crippen molar-refractivity contribution in [1.82, 2.24) is 9.88 Å². The molecule has 2 aromatic rings. The number of sulfonamides is 1. The molecule has 0 saturated heterocycles. The van der Waals surface area contributed by atoms with Crippen molar-refractivity contribution in [2.45, 2.75) is 56.9 Å². The molecule has 162 valence electrons. The van der Waals surface area contributed by atoms with E-state index in [0.717, 1.165) is 32.1 Å². The molecule has 30 heavy (non-hydrogen) atoms. The van der Waals surface area contributed by atoms with Crippen molar-refractivity contribution < 1.29 is 22.5 Å². The van der Waals surface area contributed by atoms with Crippen LogP contribution in [-0.4, -0.2) is 32.6 Å². The lowest BCUT2D eigenvalue weighted by Gasteiger charge is -2.23. The van der Waals surface area contributed by atoms with Crippen molar-refractivity contribution in [2.75, 3.05) is 12.4 Å². The van der Waals surface area contributed by atoms with Crippen molar-refractivity contribution in [3.63, 3.8) is 0 Å². The Morgan fingerprint density at radius 3 is 2.63 bits per heavy atom. The largest absolute Gasteiger partial charge is 0.495 e. The Morgan fingerprint density at radius 1 is 1.23 bits per heavy atom. The van der Waals surface area contributed by atoms with Crippen molar-refractivity contribution in [2.24, 2.45) is 0 Å². The topological polar surface area (TPSA) is 111 Å². The van der Waals surface area contributed by atoms with E-state index in [1.807, 2.05) is 0 Å². The van der Waals surface area contributed by atoms with E-state index in [1.165, 1.54) is 14.0 Å². The lowest BCUT2D eigenvalue weighted by Crippen LogP contribution is -2.36. The van der Waals surface area contributed by atoms with E-state index in [0.29, 0.717) is 22.7 Å². The van der Waals surface area contributed by atoms with E-state index in [4.69, 9.17) is 9.26 Å². The summed E-state index contributed by atoms with van der Waals surface area (Å²) >= 11 is 0. The van der Waals surface area contributed by atoms with E-state index in [9.17, 15) is 13.2 Å². The SMILES string of the molecule is COc1ccc(/C=C\c2onc(C)c2NC(C)=O)cc1S(=O)(=O)NC1CCCCC1. The number of aromatic nitrogens is 1. The molecule has 1 saturated carbocycles. The van der Waals surface area contributed by atoms with Gasteiger partial charge in [0, 0.05) is 13.0 Å². The van der Waals surface area contributed by atoms with E-state index in [-0.39, 0.29) is 22.6 Å². The number of rotatable bonds is 7. The van der Waals surface area contributed by atoms with Crippen LogP contribution in [-0.2, 0) is 14.8 Å². The van der Waals surface area contributed by atoms with Crippen LogP contribution in [0.3, 0.4) is 0 Å². The highest BCUT2D eigenvalue weighted by Crippen LogP contribution is 2.28. The predicted octanol–water partition coefficient (Wildman–Crippen LogP) is 3.73. The molecule has 0 aliphatic heterocycles. The summed E-state index contributed by atoms with van der Waals surface area (Å²) in [7, 11) is -2.28. The molecular formula is C21H27N3O5S. The van der Waals surface area contributed by atoms with Crippen molar-refractivity contribution in [3.8, 4) is 5.75 Å². The number of nitrogens with one attached hydrogen (secondary N) is 2. The first-order valence-corrected chi connectivity index (χ1v) is 11.4. The van der Waals surface area contributed by atoms with Gasteiger partial charge in [0.1, 0.15) is 22.0 Å². The fourth-order valence-corrected chi connectivity index (χ4v) is 5.02. The summed E-state index contributed by atoms with van der Waals surface area (Å²) in [6.45, 7) is 3.13. The number of methoxy groups -OCH3 is 1. The van der Waals surface area contributed by atoms with Gasteiger partial charge in [0.2, 0.25) is 15.9 Å². The zero-order valence-corrected chi connectivity index (χ0v) is 18.2. The Morgan fingerprint density at radius 2 is 1.97 bits per heavy atom. The molecule has 0 radical (unpaired) electrons. The number of aryl methyl sites for hydroxylation is 1. The molecule has 8 nitrogen and oxygen atoms in total. The first kappa shape index (κ1) is 22.0. The fraction of sp³-hybridized carbons (Fsp3) is 0.429. The first-order chi connectivity index (χ1) is 14.3. The number of benzene rings is 1. The third-order valence-electron chi connectivity index (χ3n) is 5.02. The summed E-state index contributed by atoms with van der Waals surface area (Å²) in [6, 6.07) is 4.87. The van der Waals surface area contributed by atoms with Gasteiger partial charge in [0.05, 0.1) is 7.11 Å². The van der Waals surface area contributed by atoms with Crippen LogP contribution in [0, 0.1) is 6.92 Å². The van der Waals surface area contributed by atoms with Gasteiger partial charge in [-0.2, -0.15) is 0 Å². The summed E-state index contributed by atoms with van der Waals surface area (Å²) in [5.74, 6) is 0.427. The maximum Gasteiger partial charge on any atom is 0.244 e. The monoisotopic (exact) mass is 433 g/mol. The molecule has 0 spiro atoms. The van der Waals surface area contributed by atoms with Crippen LogP contribution in [0.15, 0.2) is 27.6 Å². The predicted molar refractivity (Wildman–Crippen MR) is 115 cm³/mol. The Kier molecular flexibility index (Phi) is 6.94. The second-order valence-corrected chi connectivity index (χ2v) is 9.07. The summed E-state index contributed by atoms with van der Waals surface area (Å²) in [5, 5.41) is 6.55. The van der Waals surface area contributed by atoms with Crippen LogP contribution in [0.1, 0.15) is 56.0 Å². The number of nitrogens with zero attached hydrogens (tertiary/aromatic N) is 1. The van der Waals surface area contributed by atoms with Crippen molar-refractivity contribution >= 4 is 33.8 Å². The van der Waals surface area contributed by atoms with E-state index >= 15 is 0 Å². The van der Waals surface area contributed by atoms with Gasteiger partial charge in [-0.1, -0.05) is 36.6 Å². The van der Waals surface area contributed by atoms with Crippen molar-refractivity contribution in [1.29, 1.82) is 0 Å². The second-order valence-electron chi connectivity index (χ2n) is 7.39. The van der Waals surface area contributed by atoms with Crippen molar-refractivity contribution in [3.05, 3.63) is 35.2 Å². The average Bonchev–Trinajstić information content (AvgIpc) is 3.05. The number of carbonyl (C=O) groups excluding carboxylic acids is 1. The number of hydrogen-bond acceptors (Lipinski definition) is 6.